The topological polar surface area (TPSA) is 116 Å². The van der Waals surface area contributed by atoms with Gasteiger partial charge in [0.1, 0.15) is 12.6 Å². The number of hydrogen-bond acceptors (Lipinski definition) is 6. The average molecular weight is 570 g/mol. The minimum absolute atomic E-state index is 0.154. The standard InChI is InChI=1S/C33H35N3O6/c1-22(2)42-33(41)31(39)27(19-24-13-7-4-8-14-24)34-29(38)21-36-28(25-15-9-5-10-16-25)20-35(23(3)37)30(32(36)40)26-17-11-6-12-18-26/h4-18,20,22,27,30-31,39H,19,21H2,1-3H3,(H,34,38)/t27-,30?,31?/m0/s1. The van der Waals surface area contributed by atoms with E-state index in [4.69, 9.17) is 4.74 Å². The summed E-state index contributed by atoms with van der Waals surface area (Å²) in [5, 5.41) is 13.6. The Bertz CT molecular complexity index is 1430. The van der Waals surface area contributed by atoms with Gasteiger partial charge in [0.2, 0.25) is 11.8 Å². The Kier molecular flexibility index (Phi) is 9.88. The molecule has 4 rings (SSSR count). The predicted molar refractivity (Wildman–Crippen MR) is 157 cm³/mol. The Morgan fingerprint density at radius 1 is 0.905 bits per heavy atom. The zero-order valence-electron chi connectivity index (χ0n) is 23.8. The van der Waals surface area contributed by atoms with E-state index >= 15 is 0 Å². The van der Waals surface area contributed by atoms with Crippen LogP contribution in [0.4, 0.5) is 0 Å². The van der Waals surface area contributed by atoms with E-state index in [9.17, 15) is 24.3 Å². The van der Waals surface area contributed by atoms with E-state index in [1.54, 1.807) is 68.6 Å². The molecule has 0 fully saturated rings. The van der Waals surface area contributed by atoms with Crippen LogP contribution in [0.25, 0.3) is 5.70 Å². The van der Waals surface area contributed by atoms with Gasteiger partial charge in [0.25, 0.3) is 5.91 Å². The van der Waals surface area contributed by atoms with Crippen molar-refractivity contribution >= 4 is 29.4 Å². The quantitative estimate of drug-likeness (QED) is 0.362. The Morgan fingerprint density at radius 2 is 1.48 bits per heavy atom. The van der Waals surface area contributed by atoms with Crippen LogP contribution in [-0.4, -0.2) is 63.4 Å². The number of carbonyl (C=O) groups excluding carboxylic acids is 4. The van der Waals surface area contributed by atoms with E-state index < -0.39 is 48.6 Å². The third-order valence-corrected chi connectivity index (χ3v) is 6.80. The molecule has 218 valence electrons. The second-order valence-corrected chi connectivity index (χ2v) is 10.3. The minimum Gasteiger partial charge on any atom is -0.461 e. The first kappa shape index (κ1) is 30.2. The number of nitrogens with zero attached hydrogens (tertiary/aromatic N) is 2. The van der Waals surface area contributed by atoms with Gasteiger partial charge in [-0.2, -0.15) is 0 Å². The van der Waals surface area contributed by atoms with Crippen LogP contribution in [0.15, 0.2) is 97.2 Å². The summed E-state index contributed by atoms with van der Waals surface area (Å²) in [5.41, 5.74) is 2.40. The zero-order chi connectivity index (χ0) is 30.2. The molecule has 0 saturated carbocycles. The number of hydrogen-bond donors (Lipinski definition) is 2. The van der Waals surface area contributed by atoms with Gasteiger partial charge in [-0.25, -0.2) is 4.79 Å². The number of ether oxygens (including phenoxy) is 1. The molecule has 0 bridgehead atoms. The molecule has 1 aliphatic rings. The minimum atomic E-state index is -1.64. The van der Waals surface area contributed by atoms with E-state index in [0.717, 1.165) is 5.56 Å². The molecule has 3 atom stereocenters. The largest absolute Gasteiger partial charge is 0.461 e. The predicted octanol–water partition coefficient (Wildman–Crippen LogP) is 3.46. The van der Waals surface area contributed by atoms with Gasteiger partial charge in [-0.1, -0.05) is 91.0 Å². The number of aliphatic hydroxyl groups is 1. The van der Waals surface area contributed by atoms with Crippen molar-refractivity contribution in [2.75, 3.05) is 6.54 Å². The van der Waals surface area contributed by atoms with Gasteiger partial charge in [0.05, 0.1) is 17.8 Å². The highest BCUT2D eigenvalue weighted by Crippen LogP contribution is 2.34. The van der Waals surface area contributed by atoms with E-state index in [1.807, 2.05) is 42.5 Å². The summed E-state index contributed by atoms with van der Waals surface area (Å²) < 4.78 is 5.20. The molecule has 0 aliphatic carbocycles. The maximum absolute atomic E-state index is 14.1. The lowest BCUT2D eigenvalue weighted by atomic mass is 9.99. The van der Waals surface area contributed by atoms with Crippen molar-refractivity contribution in [2.45, 2.75) is 51.5 Å². The number of amides is 3. The molecule has 0 radical (unpaired) electrons. The molecule has 2 N–H and O–H groups in total. The second kappa shape index (κ2) is 13.7. The third kappa shape index (κ3) is 7.30. The van der Waals surface area contributed by atoms with Crippen LogP contribution < -0.4 is 5.32 Å². The number of esters is 1. The lowest BCUT2D eigenvalue weighted by Crippen LogP contribution is -2.54. The molecule has 3 aromatic rings. The van der Waals surface area contributed by atoms with Crippen LogP contribution in [0, 0.1) is 0 Å². The summed E-state index contributed by atoms with van der Waals surface area (Å²) >= 11 is 0. The fraction of sp³-hybridized carbons (Fsp3) is 0.273. The van der Waals surface area contributed by atoms with Gasteiger partial charge in [-0.3, -0.25) is 19.3 Å². The Labute approximate surface area is 245 Å². The van der Waals surface area contributed by atoms with Crippen molar-refractivity contribution in [1.82, 2.24) is 15.1 Å². The molecule has 3 aromatic carbocycles. The van der Waals surface area contributed by atoms with Crippen LogP contribution in [0.2, 0.25) is 0 Å². The summed E-state index contributed by atoms with van der Waals surface area (Å²) in [6.07, 6.45) is -0.353. The third-order valence-electron chi connectivity index (χ3n) is 6.80. The van der Waals surface area contributed by atoms with E-state index in [0.29, 0.717) is 16.8 Å². The monoisotopic (exact) mass is 569 g/mol. The molecule has 9 heteroatoms. The number of rotatable bonds is 10. The van der Waals surface area contributed by atoms with Crippen molar-refractivity contribution < 1.29 is 29.0 Å². The van der Waals surface area contributed by atoms with Gasteiger partial charge in [-0.15, -0.1) is 0 Å². The van der Waals surface area contributed by atoms with Crippen LogP contribution >= 0.6 is 0 Å². The lowest BCUT2D eigenvalue weighted by molar-refractivity contribution is -0.159. The van der Waals surface area contributed by atoms with Crippen molar-refractivity contribution in [1.29, 1.82) is 0 Å². The number of aliphatic hydroxyl groups excluding tert-OH is 1. The molecular weight excluding hydrogens is 534 g/mol. The first-order chi connectivity index (χ1) is 20.2. The van der Waals surface area contributed by atoms with Gasteiger partial charge in [0.15, 0.2) is 6.10 Å². The summed E-state index contributed by atoms with van der Waals surface area (Å²) in [7, 11) is 0. The van der Waals surface area contributed by atoms with E-state index in [1.165, 1.54) is 16.7 Å². The smallest absolute Gasteiger partial charge is 0.337 e. The molecular formula is C33H35N3O6. The van der Waals surface area contributed by atoms with Crippen LogP contribution in [-0.2, 0) is 30.3 Å². The van der Waals surface area contributed by atoms with E-state index in [-0.39, 0.29) is 12.3 Å². The SMILES string of the molecule is CC(=O)N1C=C(c2ccccc2)N(CC(=O)N[C@@H](Cc2ccccc2)C(O)C(=O)OC(C)C)C(=O)C1c1ccccc1. The van der Waals surface area contributed by atoms with Crippen LogP contribution in [0.5, 0.6) is 0 Å². The Balaban J connectivity index is 1.66. The first-order valence-electron chi connectivity index (χ1n) is 13.8. The maximum Gasteiger partial charge on any atom is 0.337 e. The second-order valence-electron chi connectivity index (χ2n) is 10.3. The first-order valence-corrected chi connectivity index (χ1v) is 13.8. The average Bonchev–Trinajstić information content (AvgIpc) is 2.98. The van der Waals surface area contributed by atoms with Crippen molar-refractivity contribution in [3.63, 3.8) is 0 Å². The summed E-state index contributed by atoms with van der Waals surface area (Å²) in [4.78, 5) is 55.7. The normalized spacial score (nSPS) is 16.5. The van der Waals surface area contributed by atoms with Gasteiger partial charge in [-0.05, 0) is 37.0 Å². The summed E-state index contributed by atoms with van der Waals surface area (Å²) in [6, 6.07) is 25.0. The molecule has 3 amide bonds. The van der Waals surface area contributed by atoms with Gasteiger partial charge >= 0.3 is 5.97 Å². The van der Waals surface area contributed by atoms with Crippen molar-refractivity contribution in [3.05, 3.63) is 114 Å². The highest BCUT2D eigenvalue weighted by Gasteiger charge is 2.40. The van der Waals surface area contributed by atoms with Gasteiger partial charge < -0.3 is 20.1 Å². The molecule has 0 spiro atoms. The maximum atomic E-state index is 14.1. The molecule has 2 unspecified atom stereocenters. The van der Waals surface area contributed by atoms with Crippen LogP contribution in [0.1, 0.15) is 43.5 Å². The highest BCUT2D eigenvalue weighted by molar-refractivity contribution is 6.00. The Morgan fingerprint density at radius 3 is 2.05 bits per heavy atom. The Hall–Kier alpha value is -4.76. The molecule has 1 aliphatic heterocycles. The van der Waals surface area contributed by atoms with E-state index in [2.05, 4.69) is 5.32 Å². The highest BCUT2D eigenvalue weighted by atomic mass is 16.6. The lowest BCUT2D eigenvalue weighted by Gasteiger charge is -2.39. The molecule has 0 saturated heterocycles. The molecule has 0 aromatic heterocycles. The fourth-order valence-corrected chi connectivity index (χ4v) is 4.85. The van der Waals surface area contributed by atoms with Crippen LogP contribution in [0.3, 0.4) is 0 Å². The van der Waals surface area contributed by atoms with Gasteiger partial charge in [0, 0.05) is 13.1 Å². The zero-order valence-corrected chi connectivity index (χ0v) is 23.8. The molecule has 42 heavy (non-hydrogen) atoms. The summed E-state index contributed by atoms with van der Waals surface area (Å²) in [5.74, 6) is -2.24. The number of nitrogens with one attached hydrogen (secondary N) is 1. The molecule has 1 heterocycles. The van der Waals surface area contributed by atoms with Crippen molar-refractivity contribution in [3.8, 4) is 0 Å². The molecule has 9 nitrogen and oxygen atoms in total. The number of benzene rings is 3. The van der Waals surface area contributed by atoms with Crippen molar-refractivity contribution in [2.24, 2.45) is 0 Å². The summed E-state index contributed by atoms with van der Waals surface area (Å²) in [6.45, 7) is 4.31. The fourth-order valence-electron chi connectivity index (χ4n) is 4.85. The number of carbonyl (C=O) groups is 4.